The molecule has 0 saturated heterocycles. The second kappa shape index (κ2) is 6.86. The molecule has 1 aromatic carbocycles. The number of anilines is 1. The van der Waals surface area contributed by atoms with Gasteiger partial charge in [0.05, 0.1) is 6.04 Å². The van der Waals surface area contributed by atoms with E-state index in [9.17, 15) is 4.39 Å². The van der Waals surface area contributed by atoms with E-state index < -0.39 is 0 Å². The number of hydrogen-bond donors (Lipinski definition) is 1. The van der Waals surface area contributed by atoms with Gasteiger partial charge in [0.25, 0.3) is 0 Å². The molecule has 0 spiro atoms. The number of rotatable bonds is 6. The lowest BCUT2D eigenvalue weighted by Gasteiger charge is -2.31. The standard InChI is InChI=1S/C16H21FN2S/c1-3-14-9-10-16(20-14)15(11-18)19(4-2)13-7-5-12(17)6-8-13/h5-10,15H,3-4,11,18H2,1-2H3. The van der Waals surface area contributed by atoms with E-state index >= 15 is 0 Å². The Labute approximate surface area is 124 Å². The zero-order valence-electron chi connectivity index (χ0n) is 12.0. The van der Waals surface area contributed by atoms with Crippen molar-refractivity contribution in [2.45, 2.75) is 26.3 Å². The van der Waals surface area contributed by atoms with Crippen molar-refractivity contribution >= 4 is 17.0 Å². The average molecular weight is 292 g/mol. The second-order valence-electron chi connectivity index (χ2n) is 4.67. The smallest absolute Gasteiger partial charge is 0.123 e. The molecule has 2 N–H and O–H groups in total. The fourth-order valence-electron chi connectivity index (χ4n) is 2.38. The van der Waals surface area contributed by atoms with Crippen molar-refractivity contribution in [3.63, 3.8) is 0 Å². The van der Waals surface area contributed by atoms with Gasteiger partial charge in [-0.3, -0.25) is 0 Å². The van der Waals surface area contributed by atoms with Crippen LogP contribution in [-0.2, 0) is 6.42 Å². The largest absolute Gasteiger partial charge is 0.363 e. The van der Waals surface area contributed by atoms with Crippen molar-refractivity contribution in [1.29, 1.82) is 0 Å². The maximum absolute atomic E-state index is 13.1. The highest BCUT2D eigenvalue weighted by Gasteiger charge is 2.20. The lowest BCUT2D eigenvalue weighted by Crippen LogP contribution is -2.33. The molecule has 1 atom stereocenters. The van der Waals surface area contributed by atoms with Gasteiger partial charge in [-0.1, -0.05) is 6.92 Å². The third-order valence-corrected chi connectivity index (χ3v) is 4.79. The van der Waals surface area contributed by atoms with E-state index in [1.165, 1.54) is 21.9 Å². The SMILES string of the molecule is CCc1ccc(C(CN)N(CC)c2ccc(F)cc2)s1. The molecule has 0 aliphatic heterocycles. The Balaban J connectivity index is 2.29. The van der Waals surface area contributed by atoms with Crippen LogP contribution in [0, 0.1) is 5.82 Å². The Kier molecular flexibility index (Phi) is 5.15. The lowest BCUT2D eigenvalue weighted by atomic mass is 10.1. The molecule has 0 amide bonds. The zero-order valence-corrected chi connectivity index (χ0v) is 12.8. The summed E-state index contributed by atoms with van der Waals surface area (Å²) in [6, 6.07) is 11.1. The van der Waals surface area contributed by atoms with Gasteiger partial charge in [-0.2, -0.15) is 0 Å². The normalized spacial score (nSPS) is 12.4. The summed E-state index contributed by atoms with van der Waals surface area (Å²) >= 11 is 1.81. The summed E-state index contributed by atoms with van der Waals surface area (Å²) in [5, 5.41) is 0. The van der Waals surface area contributed by atoms with Crippen LogP contribution in [0.3, 0.4) is 0 Å². The monoisotopic (exact) mass is 292 g/mol. The number of thiophene rings is 1. The van der Waals surface area contributed by atoms with E-state index in [2.05, 4.69) is 30.9 Å². The van der Waals surface area contributed by atoms with Crippen LogP contribution in [0.1, 0.15) is 29.6 Å². The van der Waals surface area contributed by atoms with Crippen molar-refractivity contribution in [2.75, 3.05) is 18.0 Å². The maximum atomic E-state index is 13.1. The Morgan fingerprint density at radius 1 is 1.15 bits per heavy atom. The minimum absolute atomic E-state index is 0.149. The zero-order chi connectivity index (χ0) is 14.5. The van der Waals surface area contributed by atoms with E-state index in [0.29, 0.717) is 6.54 Å². The molecule has 2 rings (SSSR count). The number of hydrogen-bond acceptors (Lipinski definition) is 3. The van der Waals surface area contributed by atoms with Crippen molar-refractivity contribution in [3.8, 4) is 0 Å². The molecule has 0 radical (unpaired) electrons. The van der Waals surface area contributed by atoms with Gasteiger partial charge >= 0.3 is 0 Å². The molecule has 0 saturated carbocycles. The maximum Gasteiger partial charge on any atom is 0.123 e. The van der Waals surface area contributed by atoms with Gasteiger partial charge in [0.15, 0.2) is 0 Å². The third-order valence-electron chi connectivity index (χ3n) is 3.46. The van der Waals surface area contributed by atoms with Crippen LogP contribution in [0.5, 0.6) is 0 Å². The first-order valence-corrected chi connectivity index (χ1v) is 7.82. The number of nitrogens with two attached hydrogens (primary N) is 1. The minimum Gasteiger partial charge on any atom is -0.363 e. The van der Waals surface area contributed by atoms with Crippen LogP contribution >= 0.6 is 11.3 Å². The number of halogens is 1. The first-order valence-electron chi connectivity index (χ1n) is 7.00. The molecule has 0 fully saturated rings. The molecule has 1 aromatic heterocycles. The van der Waals surface area contributed by atoms with Crippen LogP contribution in [0.25, 0.3) is 0 Å². The van der Waals surface area contributed by atoms with Crippen molar-refractivity contribution in [1.82, 2.24) is 0 Å². The van der Waals surface area contributed by atoms with Gasteiger partial charge in [0.1, 0.15) is 5.82 Å². The first kappa shape index (κ1) is 15.0. The topological polar surface area (TPSA) is 29.3 Å². The molecule has 0 aliphatic rings. The molecule has 1 heterocycles. The predicted octanol–water partition coefficient (Wildman–Crippen LogP) is 3.98. The molecule has 20 heavy (non-hydrogen) atoms. The molecule has 1 unspecified atom stereocenters. The molecule has 2 nitrogen and oxygen atoms in total. The molecule has 4 heteroatoms. The molecular formula is C16H21FN2S. The van der Waals surface area contributed by atoms with Crippen molar-refractivity contribution in [2.24, 2.45) is 5.73 Å². The van der Waals surface area contributed by atoms with Gasteiger partial charge in [-0.15, -0.1) is 11.3 Å². The number of aryl methyl sites for hydroxylation is 1. The highest BCUT2D eigenvalue weighted by molar-refractivity contribution is 7.12. The van der Waals surface area contributed by atoms with Crippen LogP contribution < -0.4 is 10.6 Å². The summed E-state index contributed by atoms with van der Waals surface area (Å²) < 4.78 is 13.1. The van der Waals surface area contributed by atoms with E-state index in [1.807, 2.05) is 23.5 Å². The van der Waals surface area contributed by atoms with E-state index in [-0.39, 0.29) is 11.9 Å². The van der Waals surface area contributed by atoms with Crippen LogP contribution in [0.2, 0.25) is 0 Å². The average Bonchev–Trinajstić information content (AvgIpc) is 2.94. The van der Waals surface area contributed by atoms with Gasteiger partial charge in [0, 0.05) is 28.5 Å². The Hall–Kier alpha value is -1.39. The molecular weight excluding hydrogens is 271 g/mol. The Bertz CT molecular complexity index is 536. The van der Waals surface area contributed by atoms with Crippen molar-refractivity contribution < 1.29 is 4.39 Å². The minimum atomic E-state index is -0.210. The van der Waals surface area contributed by atoms with Crippen LogP contribution in [0.4, 0.5) is 10.1 Å². The molecule has 0 aliphatic carbocycles. The molecule has 0 bridgehead atoms. The summed E-state index contributed by atoms with van der Waals surface area (Å²) in [4.78, 5) is 4.87. The van der Waals surface area contributed by atoms with Crippen molar-refractivity contribution in [3.05, 3.63) is 52.0 Å². The fourth-order valence-corrected chi connectivity index (χ4v) is 3.45. The lowest BCUT2D eigenvalue weighted by molar-refractivity contribution is 0.624. The third kappa shape index (κ3) is 3.19. The number of nitrogens with zero attached hydrogens (tertiary/aromatic N) is 1. The fraction of sp³-hybridized carbons (Fsp3) is 0.375. The van der Waals surface area contributed by atoms with Crippen LogP contribution in [0.15, 0.2) is 36.4 Å². The molecule has 108 valence electrons. The van der Waals surface area contributed by atoms with E-state index in [1.54, 1.807) is 0 Å². The van der Waals surface area contributed by atoms with Gasteiger partial charge in [0.2, 0.25) is 0 Å². The van der Waals surface area contributed by atoms with Gasteiger partial charge in [-0.25, -0.2) is 4.39 Å². The molecule has 2 aromatic rings. The van der Waals surface area contributed by atoms with E-state index in [4.69, 9.17) is 5.73 Å². The highest BCUT2D eigenvalue weighted by atomic mass is 32.1. The van der Waals surface area contributed by atoms with Gasteiger partial charge in [-0.05, 0) is 49.7 Å². The summed E-state index contributed by atoms with van der Waals surface area (Å²) in [7, 11) is 0. The Morgan fingerprint density at radius 3 is 2.35 bits per heavy atom. The number of likely N-dealkylation sites (N-methyl/N-ethyl adjacent to an activating group) is 1. The van der Waals surface area contributed by atoms with Crippen LogP contribution in [-0.4, -0.2) is 13.1 Å². The summed E-state index contributed by atoms with van der Waals surface area (Å²) in [6.07, 6.45) is 1.05. The van der Waals surface area contributed by atoms with Gasteiger partial charge < -0.3 is 10.6 Å². The van der Waals surface area contributed by atoms with E-state index in [0.717, 1.165) is 18.7 Å². The first-order chi connectivity index (χ1) is 9.69. The quantitative estimate of drug-likeness (QED) is 0.872. The predicted molar refractivity (Wildman–Crippen MR) is 84.9 cm³/mol. The summed E-state index contributed by atoms with van der Waals surface area (Å²) in [6.45, 7) is 5.65. The summed E-state index contributed by atoms with van der Waals surface area (Å²) in [5.74, 6) is -0.210. The highest BCUT2D eigenvalue weighted by Crippen LogP contribution is 2.31. The second-order valence-corrected chi connectivity index (χ2v) is 5.87. The Morgan fingerprint density at radius 2 is 1.85 bits per heavy atom. The number of benzene rings is 1. The summed E-state index contributed by atoms with van der Waals surface area (Å²) in [5.41, 5.74) is 7.00.